The van der Waals surface area contributed by atoms with Crippen LogP contribution in [-0.4, -0.2) is 5.78 Å². The molecule has 2 aromatic rings. The van der Waals surface area contributed by atoms with Gasteiger partial charge in [0.2, 0.25) is 0 Å². The van der Waals surface area contributed by atoms with E-state index in [4.69, 9.17) is 16.3 Å². The number of aryl methyl sites for hydroxylation is 1. The number of carbonyl (C=O) groups is 1. The zero-order valence-electron chi connectivity index (χ0n) is 12.4. The lowest BCUT2D eigenvalue weighted by Crippen LogP contribution is -1.94. The summed E-state index contributed by atoms with van der Waals surface area (Å²) in [5.74, 6) is 1.35. The highest BCUT2D eigenvalue weighted by atomic mass is 35.5. The molecule has 0 saturated carbocycles. The lowest BCUT2D eigenvalue weighted by Gasteiger charge is -2.08. The van der Waals surface area contributed by atoms with Crippen LogP contribution in [0.2, 0.25) is 5.02 Å². The number of hydrogen-bond acceptors (Lipinski definition) is 2. The number of rotatable bonds is 6. The van der Waals surface area contributed by atoms with Gasteiger partial charge in [0.15, 0.2) is 5.78 Å². The van der Waals surface area contributed by atoms with Crippen LogP contribution in [0, 0.1) is 0 Å². The van der Waals surface area contributed by atoms with Crippen LogP contribution in [-0.2, 0) is 6.42 Å². The third kappa shape index (κ3) is 4.33. The largest absolute Gasteiger partial charge is 0.457 e. The molecule has 21 heavy (non-hydrogen) atoms. The van der Waals surface area contributed by atoms with Gasteiger partial charge in [0.25, 0.3) is 0 Å². The first-order valence-electron chi connectivity index (χ1n) is 7.17. The molecule has 0 heterocycles. The van der Waals surface area contributed by atoms with Gasteiger partial charge in [-0.1, -0.05) is 37.1 Å². The molecule has 0 aromatic heterocycles. The molecule has 0 bridgehead atoms. The van der Waals surface area contributed by atoms with Crippen molar-refractivity contribution in [3.63, 3.8) is 0 Å². The first-order valence-corrected chi connectivity index (χ1v) is 7.55. The number of benzene rings is 2. The van der Waals surface area contributed by atoms with Gasteiger partial charge in [0.05, 0.1) is 5.02 Å². The van der Waals surface area contributed by atoms with Gasteiger partial charge in [-0.25, -0.2) is 0 Å². The number of Topliss-reactive ketones (excluding diaryl/α,β-unsaturated/α-hetero) is 1. The molecule has 2 rings (SSSR count). The van der Waals surface area contributed by atoms with Gasteiger partial charge >= 0.3 is 0 Å². The van der Waals surface area contributed by atoms with Gasteiger partial charge in [-0.2, -0.15) is 0 Å². The second kappa shape index (κ2) is 7.28. The van der Waals surface area contributed by atoms with Crippen molar-refractivity contribution in [1.29, 1.82) is 0 Å². The molecule has 0 radical (unpaired) electrons. The van der Waals surface area contributed by atoms with Crippen LogP contribution < -0.4 is 4.74 Å². The number of carbonyl (C=O) groups excluding carboxylic acids is 1. The molecule has 0 atom stereocenters. The Morgan fingerprint density at radius 1 is 1.10 bits per heavy atom. The van der Waals surface area contributed by atoms with E-state index in [0.29, 0.717) is 16.3 Å². The van der Waals surface area contributed by atoms with E-state index in [1.165, 1.54) is 25.3 Å². The van der Waals surface area contributed by atoms with Crippen LogP contribution in [0.25, 0.3) is 0 Å². The molecule has 0 saturated heterocycles. The monoisotopic (exact) mass is 302 g/mol. The van der Waals surface area contributed by atoms with E-state index in [0.717, 1.165) is 12.2 Å². The van der Waals surface area contributed by atoms with Gasteiger partial charge in [-0.05, 0) is 49.6 Å². The average molecular weight is 303 g/mol. The maximum absolute atomic E-state index is 11.3. The summed E-state index contributed by atoms with van der Waals surface area (Å²) in [6, 6.07) is 13.2. The SMILES string of the molecule is CCCCc1ccc(Oc2ccc(C(C)=O)c(Cl)c2)cc1. The van der Waals surface area contributed by atoms with Crippen molar-refractivity contribution < 1.29 is 9.53 Å². The van der Waals surface area contributed by atoms with Crippen LogP contribution in [0.5, 0.6) is 11.5 Å². The van der Waals surface area contributed by atoms with E-state index in [2.05, 4.69) is 19.1 Å². The van der Waals surface area contributed by atoms with E-state index in [1.54, 1.807) is 18.2 Å². The fourth-order valence-electron chi connectivity index (χ4n) is 2.09. The molecule has 0 unspecified atom stereocenters. The highest BCUT2D eigenvalue weighted by Gasteiger charge is 2.07. The van der Waals surface area contributed by atoms with Gasteiger partial charge < -0.3 is 4.74 Å². The topological polar surface area (TPSA) is 26.3 Å². The van der Waals surface area contributed by atoms with Gasteiger partial charge in [0, 0.05) is 11.6 Å². The van der Waals surface area contributed by atoms with Crippen molar-refractivity contribution in [3.8, 4) is 11.5 Å². The fourth-order valence-corrected chi connectivity index (χ4v) is 2.39. The van der Waals surface area contributed by atoms with Crippen molar-refractivity contribution in [2.75, 3.05) is 0 Å². The number of unbranched alkanes of at least 4 members (excludes halogenated alkanes) is 1. The number of ether oxygens (including phenoxy) is 1. The Morgan fingerprint density at radius 2 is 1.76 bits per heavy atom. The van der Waals surface area contributed by atoms with Crippen molar-refractivity contribution in [1.82, 2.24) is 0 Å². The molecule has 110 valence electrons. The molecule has 0 aliphatic rings. The second-order valence-corrected chi connectivity index (χ2v) is 5.45. The third-order valence-electron chi connectivity index (χ3n) is 3.30. The molecule has 0 spiro atoms. The molecule has 0 aliphatic heterocycles. The molecule has 0 N–H and O–H groups in total. The van der Waals surface area contributed by atoms with Gasteiger partial charge in [0.1, 0.15) is 11.5 Å². The molecule has 2 nitrogen and oxygen atoms in total. The Balaban J connectivity index is 2.07. The zero-order chi connectivity index (χ0) is 15.2. The Morgan fingerprint density at radius 3 is 2.33 bits per heavy atom. The Bertz CT molecular complexity index is 618. The van der Waals surface area contributed by atoms with Gasteiger partial charge in [-0.15, -0.1) is 0 Å². The molecule has 2 aromatic carbocycles. The van der Waals surface area contributed by atoms with Crippen LogP contribution in [0.1, 0.15) is 42.6 Å². The first kappa shape index (κ1) is 15.6. The zero-order valence-corrected chi connectivity index (χ0v) is 13.1. The predicted octanol–water partition coefficient (Wildman–Crippen LogP) is 5.68. The van der Waals surface area contributed by atoms with Crippen LogP contribution in [0.4, 0.5) is 0 Å². The smallest absolute Gasteiger partial charge is 0.161 e. The van der Waals surface area contributed by atoms with E-state index >= 15 is 0 Å². The van der Waals surface area contributed by atoms with Crippen molar-refractivity contribution in [2.24, 2.45) is 0 Å². The molecule has 0 aliphatic carbocycles. The highest BCUT2D eigenvalue weighted by Crippen LogP contribution is 2.27. The molecule has 3 heteroatoms. The lowest BCUT2D eigenvalue weighted by atomic mass is 10.1. The fraction of sp³-hybridized carbons (Fsp3) is 0.278. The quantitative estimate of drug-likeness (QED) is 0.642. The standard InChI is InChI=1S/C18H19ClO2/c1-3-4-5-14-6-8-15(9-7-14)21-16-10-11-17(13(2)20)18(19)12-16/h6-12H,3-5H2,1-2H3. The molecule has 0 amide bonds. The summed E-state index contributed by atoms with van der Waals surface area (Å²) in [6.45, 7) is 3.68. The lowest BCUT2D eigenvalue weighted by molar-refractivity contribution is 0.101. The summed E-state index contributed by atoms with van der Waals surface area (Å²) in [7, 11) is 0. The first-order chi connectivity index (χ1) is 10.1. The Hall–Kier alpha value is -1.80. The summed E-state index contributed by atoms with van der Waals surface area (Å²) >= 11 is 6.07. The minimum Gasteiger partial charge on any atom is -0.457 e. The number of ketones is 1. The molecular formula is C18H19ClO2. The van der Waals surface area contributed by atoms with Crippen molar-refractivity contribution >= 4 is 17.4 Å². The summed E-state index contributed by atoms with van der Waals surface area (Å²) in [5.41, 5.74) is 1.83. The van der Waals surface area contributed by atoms with Crippen LogP contribution >= 0.6 is 11.6 Å². The van der Waals surface area contributed by atoms with Crippen molar-refractivity contribution in [2.45, 2.75) is 33.1 Å². The van der Waals surface area contributed by atoms with E-state index in [-0.39, 0.29) is 5.78 Å². The van der Waals surface area contributed by atoms with Crippen LogP contribution in [0.15, 0.2) is 42.5 Å². The highest BCUT2D eigenvalue weighted by molar-refractivity contribution is 6.34. The summed E-state index contributed by atoms with van der Waals surface area (Å²) in [6.07, 6.45) is 3.48. The maximum atomic E-state index is 11.3. The molecule has 0 fully saturated rings. The summed E-state index contributed by atoms with van der Waals surface area (Å²) in [4.78, 5) is 11.3. The number of hydrogen-bond donors (Lipinski definition) is 0. The van der Waals surface area contributed by atoms with E-state index in [1.807, 2.05) is 12.1 Å². The van der Waals surface area contributed by atoms with E-state index < -0.39 is 0 Å². The normalized spacial score (nSPS) is 10.4. The van der Waals surface area contributed by atoms with Crippen LogP contribution in [0.3, 0.4) is 0 Å². The van der Waals surface area contributed by atoms with Crippen molar-refractivity contribution in [3.05, 3.63) is 58.6 Å². The second-order valence-electron chi connectivity index (χ2n) is 5.05. The third-order valence-corrected chi connectivity index (χ3v) is 3.61. The van der Waals surface area contributed by atoms with Gasteiger partial charge in [-0.3, -0.25) is 4.79 Å². The Kier molecular flexibility index (Phi) is 5.40. The maximum Gasteiger partial charge on any atom is 0.161 e. The van der Waals surface area contributed by atoms with E-state index in [9.17, 15) is 4.79 Å². The predicted molar refractivity (Wildman–Crippen MR) is 86.6 cm³/mol. The minimum absolute atomic E-state index is 0.0492. The average Bonchev–Trinajstić information content (AvgIpc) is 2.46. The summed E-state index contributed by atoms with van der Waals surface area (Å²) < 4.78 is 5.76. The minimum atomic E-state index is -0.0492. The molecular weight excluding hydrogens is 284 g/mol. The summed E-state index contributed by atoms with van der Waals surface area (Å²) in [5, 5.41) is 0.416. The number of halogens is 1. The Labute approximate surface area is 130 Å².